The summed E-state index contributed by atoms with van der Waals surface area (Å²) >= 11 is 3.60. The standard InChI is InChI=1S/C25H27BrN2O3/c1-18-8-10-21(11-9-18)28-25(29)17-31-24-15-22(26)20(14-23(24)30-2)16-27-13-12-19-6-4-3-5-7-19/h3-11,14-15,27H,12-13,16-17H2,1-2H3,(H,28,29). The molecule has 0 aliphatic heterocycles. The molecule has 0 unspecified atom stereocenters. The van der Waals surface area contributed by atoms with E-state index in [2.05, 4.69) is 50.8 Å². The van der Waals surface area contributed by atoms with Gasteiger partial charge in [-0.1, -0.05) is 64.0 Å². The smallest absolute Gasteiger partial charge is 0.262 e. The van der Waals surface area contributed by atoms with Gasteiger partial charge in [0.25, 0.3) is 5.91 Å². The first-order chi connectivity index (χ1) is 15.0. The largest absolute Gasteiger partial charge is 0.493 e. The fourth-order valence-electron chi connectivity index (χ4n) is 3.06. The van der Waals surface area contributed by atoms with Gasteiger partial charge in [0.1, 0.15) is 0 Å². The molecule has 3 rings (SSSR count). The second-order valence-corrected chi connectivity index (χ2v) is 8.06. The second-order valence-electron chi connectivity index (χ2n) is 7.21. The highest BCUT2D eigenvalue weighted by Crippen LogP contribution is 2.33. The highest BCUT2D eigenvalue weighted by atomic mass is 79.9. The summed E-state index contributed by atoms with van der Waals surface area (Å²) in [6.45, 7) is 3.46. The van der Waals surface area contributed by atoms with Gasteiger partial charge in [-0.15, -0.1) is 0 Å². The quantitative estimate of drug-likeness (QED) is 0.394. The first kappa shape index (κ1) is 22.8. The molecule has 0 atom stereocenters. The molecule has 0 aromatic heterocycles. The van der Waals surface area contributed by atoms with Crippen molar-refractivity contribution in [1.82, 2.24) is 5.32 Å². The van der Waals surface area contributed by atoms with Crippen LogP contribution in [0.5, 0.6) is 11.5 Å². The van der Waals surface area contributed by atoms with E-state index in [0.717, 1.165) is 34.3 Å². The maximum atomic E-state index is 12.2. The summed E-state index contributed by atoms with van der Waals surface area (Å²) in [5, 5.41) is 6.28. The Labute approximate surface area is 191 Å². The van der Waals surface area contributed by atoms with Crippen LogP contribution in [0.2, 0.25) is 0 Å². The number of methoxy groups -OCH3 is 1. The molecule has 3 aromatic carbocycles. The van der Waals surface area contributed by atoms with E-state index >= 15 is 0 Å². The second kappa shape index (κ2) is 11.5. The number of halogens is 1. The molecule has 1 amide bonds. The summed E-state index contributed by atoms with van der Waals surface area (Å²) in [4.78, 5) is 12.2. The van der Waals surface area contributed by atoms with Gasteiger partial charge in [-0.3, -0.25) is 4.79 Å². The molecule has 6 heteroatoms. The summed E-state index contributed by atoms with van der Waals surface area (Å²) in [6, 6.07) is 21.8. The summed E-state index contributed by atoms with van der Waals surface area (Å²) < 4.78 is 12.1. The highest BCUT2D eigenvalue weighted by Gasteiger charge is 2.12. The average molecular weight is 483 g/mol. The van der Waals surface area contributed by atoms with Crippen LogP contribution in [0.4, 0.5) is 5.69 Å². The van der Waals surface area contributed by atoms with Gasteiger partial charge in [0.15, 0.2) is 18.1 Å². The summed E-state index contributed by atoms with van der Waals surface area (Å²) in [7, 11) is 1.59. The lowest BCUT2D eigenvalue weighted by molar-refractivity contribution is -0.118. The van der Waals surface area contributed by atoms with Crippen LogP contribution >= 0.6 is 15.9 Å². The van der Waals surface area contributed by atoms with Gasteiger partial charge < -0.3 is 20.1 Å². The Morgan fingerprint density at radius 1 is 1.00 bits per heavy atom. The molecule has 5 nitrogen and oxygen atoms in total. The van der Waals surface area contributed by atoms with Crippen molar-refractivity contribution < 1.29 is 14.3 Å². The van der Waals surface area contributed by atoms with Crippen LogP contribution in [0.1, 0.15) is 16.7 Å². The van der Waals surface area contributed by atoms with Gasteiger partial charge in [0.2, 0.25) is 0 Å². The van der Waals surface area contributed by atoms with E-state index in [1.54, 1.807) is 7.11 Å². The molecule has 3 aromatic rings. The summed E-state index contributed by atoms with van der Waals surface area (Å²) in [5.74, 6) is 0.876. The number of carbonyl (C=O) groups is 1. The van der Waals surface area contributed by atoms with Crippen LogP contribution < -0.4 is 20.1 Å². The molecule has 0 aliphatic carbocycles. The van der Waals surface area contributed by atoms with E-state index in [9.17, 15) is 4.79 Å². The van der Waals surface area contributed by atoms with E-state index in [4.69, 9.17) is 9.47 Å². The van der Waals surface area contributed by atoms with Crippen molar-refractivity contribution in [1.29, 1.82) is 0 Å². The SMILES string of the molecule is COc1cc(CNCCc2ccccc2)c(Br)cc1OCC(=O)Nc1ccc(C)cc1. The number of amides is 1. The number of carbonyl (C=O) groups excluding carboxylic acids is 1. The van der Waals surface area contributed by atoms with Crippen LogP contribution in [0.25, 0.3) is 0 Å². The third-order valence-corrected chi connectivity index (χ3v) is 5.51. The third kappa shape index (κ3) is 7.12. The Hall–Kier alpha value is -2.83. The molecule has 0 spiro atoms. The molecule has 31 heavy (non-hydrogen) atoms. The van der Waals surface area contributed by atoms with Crippen molar-refractivity contribution in [2.75, 3.05) is 25.6 Å². The van der Waals surface area contributed by atoms with Crippen molar-refractivity contribution >= 4 is 27.5 Å². The minimum Gasteiger partial charge on any atom is -0.493 e. The van der Waals surface area contributed by atoms with Crippen molar-refractivity contribution in [2.45, 2.75) is 19.9 Å². The Bertz CT molecular complexity index is 992. The van der Waals surface area contributed by atoms with Crippen molar-refractivity contribution in [3.05, 3.63) is 87.9 Å². The molecule has 0 fully saturated rings. The van der Waals surface area contributed by atoms with E-state index in [-0.39, 0.29) is 12.5 Å². The van der Waals surface area contributed by atoms with Gasteiger partial charge >= 0.3 is 0 Å². The predicted molar refractivity (Wildman–Crippen MR) is 128 cm³/mol. The number of rotatable bonds is 10. The number of hydrogen-bond acceptors (Lipinski definition) is 4. The lowest BCUT2D eigenvalue weighted by Gasteiger charge is -2.14. The number of anilines is 1. The topological polar surface area (TPSA) is 59.6 Å². The molecule has 0 saturated heterocycles. The van der Waals surface area contributed by atoms with Crippen molar-refractivity contribution in [2.24, 2.45) is 0 Å². The Balaban J connectivity index is 1.53. The first-order valence-electron chi connectivity index (χ1n) is 10.2. The summed E-state index contributed by atoms with van der Waals surface area (Å²) in [6.07, 6.45) is 0.965. The lowest BCUT2D eigenvalue weighted by atomic mass is 10.1. The normalized spacial score (nSPS) is 10.5. The molecular weight excluding hydrogens is 456 g/mol. The van der Waals surface area contributed by atoms with Gasteiger partial charge in [0, 0.05) is 16.7 Å². The van der Waals surface area contributed by atoms with Gasteiger partial charge in [-0.2, -0.15) is 0 Å². The Morgan fingerprint density at radius 3 is 2.45 bits per heavy atom. The molecule has 162 valence electrons. The minimum atomic E-state index is -0.228. The number of aryl methyl sites for hydroxylation is 1. The zero-order valence-electron chi connectivity index (χ0n) is 17.8. The van der Waals surface area contributed by atoms with Gasteiger partial charge in [-0.25, -0.2) is 0 Å². The van der Waals surface area contributed by atoms with E-state index in [0.29, 0.717) is 18.0 Å². The van der Waals surface area contributed by atoms with Gasteiger partial charge in [-0.05, 0) is 55.3 Å². The Morgan fingerprint density at radius 2 is 1.74 bits per heavy atom. The van der Waals surface area contributed by atoms with Crippen LogP contribution in [-0.4, -0.2) is 26.2 Å². The van der Waals surface area contributed by atoms with E-state index < -0.39 is 0 Å². The average Bonchev–Trinajstić information content (AvgIpc) is 2.78. The van der Waals surface area contributed by atoms with Crippen LogP contribution in [-0.2, 0) is 17.8 Å². The first-order valence-corrected chi connectivity index (χ1v) is 10.9. The molecule has 0 bridgehead atoms. The molecule has 0 radical (unpaired) electrons. The third-order valence-electron chi connectivity index (χ3n) is 4.78. The number of hydrogen-bond donors (Lipinski definition) is 2. The summed E-state index contributed by atoms with van der Waals surface area (Å²) in [5.41, 5.74) is 4.24. The van der Waals surface area contributed by atoms with Crippen molar-refractivity contribution in [3.63, 3.8) is 0 Å². The van der Waals surface area contributed by atoms with E-state index in [1.165, 1.54) is 5.56 Å². The fourth-order valence-corrected chi connectivity index (χ4v) is 3.53. The molecule has 0 aliphatic rings. The number of nitrogens with one attached hydrogen (secondary N) is 2. The molecule has 2 N–H and O–H groups in total. The van der Waals surface area contributed by atoms with Crippen LogP contribution in [0, 0.1) is 6.92 Å². The maximum Gasteiger partial charge on any atom is 0.262 e. The lowest BCUT2D eigenvalue weighted by Crippen LogP contribution is -2.20. The molecule has 0 heterocycles. The maximum absolute atomic E-state index is 12.2. The molecular formula is C25H27BrN2O3. The number of ether oxygens (including phenoxy) is 2. The minimum absolute atomic E-state index is 0.106. The fraction of sp³-hybridized carbons (Fsp3) is 0.240. The number of benzene rings is 3. The van der Waals surface area contributed by atoms with Gasteiger partial charge in [0.05, 0.1) is 7.11 Å². The highest BCUT2D eigenvalue weighted by molar-refractivity contribution is 9.10. The monoisotopic (exact) mass is 482 g/mol. The van der Waals surface area contributed by atoms with Crippen LogP contribution in [0.15, 0.2) is 71.2 Å². The predicted octanol–water partition coefficient (Wildman–Crippen LogP) is 5.12. The Kier molecular flexibility index (Phi) is 8.50. The van der Waals surface area contributed by atoms with Crippen molar-refractivity contribution in [3.8, 4) is 11.5 Å². The molecule has 0 saturated carbocycles. The zero-order chi connectivity index (χ0) is 22.1. The van der Waals surface area contributed by atoms with E-state index in [1.807, 2.05) is 49.4 Å². The zero-order valence-corrected chi connectivity index (χ0v) is 19.4. The van der Waals surface area contributed by atoms with Crippen LogP contribution in [0.3, 0.4) is 0 Å².